The van der Waals surface area contributed by atoms with Crippen LogP contribution in [0.25, 0.3) is 22.3 Å². The van der Waals surface area contributed by atoms with Crippen molar-refractivity contribution in [2.24, 2.45) is 0 Å². The largest absolute Gasteiger partial charge is 0.294 e. The predicted molar refractivity (Wildman–Crippen MR) is 77.5 cm³/mol. The molecule has 3 rings (SSSR count). The number of nitrogens with zero attached hydrogens (tertiary/aromatic N) is 3. The summed E-state index contributed by atoms with van der Waals surface area (Å²) in [7, 11) is 0. The molecule has 0 saturated heterocycles. The first-order chi connectivity index (χ1) is 9.65. The Labute approximate surface area is 116 Å². The molecular weight excluding hydrogens is 250 g/mol. The fourth-order valence-electron chi connectivity index (χ4n) is 2.17. The van der Waals surface area contributed by atoms with E-state index in [4.69, 9.17) is 0 Å². The van der Waals surface area contributed by atoms with Crippen LogP contribution in [0.4, 0.5) is 0 Å². The molecule has 0 aliphatic carbocycles. The van der Waals surface area contributed by atoms with Crippen molar-refractivity contribution in [1.29, 1.82) is 0 Å². The second kappa shape index (κ2) is 4.81. The highest BCUT2D eigenvalue weighted by atomic mass is 16.1. The number of Topliss-reactive ketones (excluding diaryl/α,β-unsaturated/α-hetero) is 1. The summed E-state index contributed by atoms with van der Waals surface area (Å²) >= 11 is 0. The van der Waals surface area contributed by atoms with Crippen molar-refractivity contribution in [2.75, 3.05) is 0 Å². The number of carbonyl (C=O) groups excluding carboxylic acids is 1. The second-order valence-corrected chi connectivity index (χ2v) is 4.66. The zero-order valence-electron chi connectivity index (χ0n) is 11.3. The lowest BCUT2D eigenvalue weighted by Gasteiger charge is -2.05. The highest BCUT2D eigenvalue weighted by molar-refractivity contribution is 5.95. The minimum Gasteiger partial charge on any atom is -0.294 e. The molecule has 0 fully saturated rings. The van der Waals surface area contributed by atoms with E-state index in [0.717, 1.165) is 16.5 Å². The average molecular weight is 263 g/mol. The van der Waals surface area contributed by atoms with E-state index < -0.39 is 0 Å². The lowest BCUT2D eigenvalue weighted by Crippen LogP contribution is -2.02. The molecule has 2 heterocycles. The van der Waals surface area contributed by atoms with Crippen molar-refractivity contribution in [1.82, 2.24) is 15.0 Å². The van der Waals surface area contributed by atoms with Crippen LogP contribution in [-0.4, -0.2) is 20.7 Å². The number of carbonyl (C=O) groups is 1. The molecule has 0 aliphatic rings. The maximum absolute atomic E-state index is 11.4. The first-order valence-electron chi connectivity index (χ1n) is 6.35. The quantitative estimate of drug-likeness (QED) is 0.666. The number of hydrogen-bond donors (Lipinski definition) is 0. The summed E-state index contributed by atoms with van der Waals surface area (Å²) < 4.78 is 0. The predicted octanol–water partition coefficient (Wildman–Crippen LogP) is 3.20. The number of pyridine rings is 1. The van der Waals surface area contributed by atoms with E-state index in [-0.39, 0.29) is 5.78 Å². The Balaban J connectivity index is 2.11. The monoisotopic (exact) mass is 263 g/mol. The van der Waals surface area contributed by atoms with Crippen LogP contribution in [0.3, 0.4) is 0 Å². The Hall–Kier alpha value is -2.62. The summed E-state index contributed by atoms with van der Waals surface area (Å²) in [5.74, 6) is 0.606. The molecule has 4 heteroatoms. The molecular formula is C16H13N3O. The van der Waals surface area contributed by atoms with Crippen LogP contribution in [-0.2, 0) is 0 Å². The summed E-state index contributed by atoms with van der Waals surface area (Å²) in [6.45, 7) is 3.34. The highest BCUT2D eigenvalue weighted by Gasteiger charge is 2.09. The molecule has 1 aromatic carbocycles. The van der Waals surface area contributed by atoms with Crippen molar-refractivity contribution >= 4 is 16.7 Å². The molecule has 0 aliphatic heterocycles. The number of aromatic nitrogens is 3. The van der Waals surface area contributed by atoms with Gasteiger partial charge in [0.1, 0.15) is 0 Å². The Kier molecular flexibility index (Phi) is 2.99. The molecule has 0 bridgehead atoms. The summed E-state index contributed by atoms with van der Waals surface area (Å²) in [5, 5.41) is 1.04. The number of aryl methyl sites for hydroxylation is 1. The van der Waals surface area contributed by atoms with Gasteiger partial charge in [-0.2, -0.15) is 0 Å². The molecule has 0 spiro atoms. The van der Waals surface area contributed by atoms with Crippen molar-refractivity contribution in [3.05, 3.63) is 54.0 Å². The minimum absolute atomic E-state index is 0.0169. The Bertz CT molecular complexity index is 812. The lowest BCUT2D eigenvalue weighted by molar-refractivity contribution is 0.101. The van der Waals surface area contributed by atoms with E-state index >= 15 is 0 Å². The normalized spacial score (nSPS) is 10.7. The number of fused-ring (bicyclic) bond motifs is 1. The third-order valence-corrected chi connectivity index (χ3v) is 3.22. The maximum Gasteiger partial charge on any atom is 0.163 e. The Morgan fingerprint density at radius 1 is 1.15 bits per heavy atom. The van der Waals surface area contributed by atoms with E-state index in [9.17, 15) is 4.79 Å². The Morgan fingerprint density at radius 2 is 2.00 bits per heavy atom. The zero-order valence-corrected chi connectivity index (χ0v) is 11.3. The van der Waals surface area contributed by atoms with Gasteiger partial charge in [-0.15, -0.1) is 0 Å². The van der Waals surface area contributed by atoms with Crippen LogP contribution in [0.1, 0.15) is 23.0 Å². The van der Waals surface area contributed by atoms with Gasteiger partial charge >= 0.3 is 0 Å². The molecule has 0 radical (unpaired) electrons. The van der Waals surface area contributed by atoms with Gasteiger partial charge < -0.3 is 0 Å². The van der Waals surface area contributed by atoms with Crippen LogP contribution < -0.4 is 0 Å². The molecule has 98 valence electrons. The van der Waals surface area contributed by atoms with Crippen molar-refractivity contribution in [2.45, 2.75) is 13.8 Å². The molecule has 0 atom stereocenters. The van der Waals surface area contributed by atoms with Gasteiger partial charge in [0.2, 0.25) is 0 Å². The molecule has 2 aromatic heterocycles. The number of ketones is 1. The van der Waals surface area contributed by atoms with Gasteiger partial charge in [-0.3, -0.25) is 9.78 Å². The van der Waals surface area contributed by atoms with Gasteiger partial charge in [-0.1, -0.05) is 6.07 Å². The molecule has 20 heavy (non-hydrogen) atoms. The fourth-order valence-corrected chi connectivity index (χ4v) is 2.17. The number of rotatable bonds is 2. The first-order valence-corrected chi connectivity index (χ1v) is 6.35. The average Bonchev–Trinajstić information content (AvgIpc) is 2.46. The highest BCUT2D eigenvalue weighted by Crippen LogP contribution is 2.21. The SMILES string of the molecule is CC(=O)c1cnc(-c2ccc3ncccc3c2)nc1C. The van der Waals surface area contributed by atoms with Crippen molar-refractivity contribution in [3.63, 3.8) is 0 Å². The van der Waals surface area contributed by atoms with E-state index in [0.29, 0.717) is 17.1 Å². The van der Waals surface area contributed by atoms with Gasteiger partial charge in [0, 0.05) is 23.3 Å². The molecule has 3 aromatic rings. The van der Waals surface area contributed by atoms with Crippen LogP contribution in [0.5, 0.6) is 0 Å². The first kappa shape index (κ1) is 12.4. The van der Waals surface area contributed by atoms with Crippen LogP contribution in [0.15, 0.2) is 42.7 Å². The molecule has 0 N–H and O–H groups in total. The lowest BCUT2D eigenvalue weighted by atomic mass is 10.1. The molecule has 4 nitrogen and oxygen atoms in total. The molecule has 0 unspecified atom stereocenters. The molecule has 0 saturated carbocycles. The smallest absolute Gasteiger partial charge is 0.163 e. The van der Waals surface area contributed by atoms with E-state index in [2.05, 4.69) is 15.0 Å². The topological polar surface area (TPSA) is 55.7 Å². The summed E-state index contributed by atoms with van der Waals surface area (Å²) in [4.78, 5) is 24.4. The second-order valence-electron chi connectivity index (χ2n) is 4.66. The van der Waals surface area contributed by atoms with Gasteiger partial charge in [0.15, 0.2) is 11.6 Å². The summed E-state index contributed by atoms with van der Waals surface area (Å²) in [6, 6.07) is 9.80. The standard InChI is InChI=1S/C16H13N3O/c1-10-14(11(2)20)9-18-16(19-10)13-5-6-15-12(8-13)4-3-7-17-15/h3-9H,1-2H3. The van der Waals surface area contributed by atoms with Crippen LogP contribution in [0.2, 0.25) is 0 Å². The van der Waals surface area contributed by atoms with Gasteiger partial charge in [0.05, 0.1) is 16.8 Å². The minimum atomic E-state index is -0.0169. The van der Waals surface area contributed by atoms with Crippen molar-refractivity contribution in [3.8, 4) is 11.4 Å². The van der Waals surface area contributed by atoms with Gasteiger partial charge in [-0.25, -0.2) is 9.97 Å². The maximum atomic E-state index is 11.4. The van der Waals surface area contributed by atoms with E-state index in [1.54, 1.807) is 12.4 Å². The summed E-state index contributed by atoms with van der Waals surface area (Å²) in [5.41, 5.74) is 3.13. The number of benzene rings is 1. The Morgan fingerprint density at radius 3 is 2.75 bits per heavy atom. The third kappa shape index (κ3) is 2.16. The zero-order chi connectivity index (χ0) is 14.1. The van der Waals surface area contributed by atoms with Crippen LogP contribution in [0, 0.1) is 6.92 Å². The number of hydrogen-bond acceptors (Lipinski definition) is 4. The van der Waals surface area contributed by atoms with Gasteiger partial charge in [0.25, 0.3) is 0 Å². The summed E-state index contributed by atoms with van der Waals surface area (Å²) in [6.07, 6.45) is 3.36. The van der Waals surface area contributed by atoms with Crippen molar-refractivity contribution < 1.29 is 4.79 Å². The van der Waals surface area contributed by atoms with Crippen LogP contribution >= 0.6 is 0 Å². The fraction of sp³-hybridized carbons (Fsp3) is 0.125. The third-order valence-electron chi connectivity index (χ3n) is 3.22. The molecule has 0 amide bonds. The van der Waals surface area contributed by atoms with E-state index in [1.165, 1.54) is 6.92 Å². The van der Waals surface area contributed by atoms with Gasteiger partial charge in [-0.05, 0) is 38.1 Å². The van der Waals surface area contributed by atoms with E-state index in [1.807, 2.05) is 37.3 Å².